The van der Waals surface area contributed by atoms with E-state index in [-0.39, 0.29) is 0 Å². The molecule has 1 aromatic carbocycles. The quantitative estimate of drug-likeness (QED) is 0.233. The Hall–Kier alpha value is -2.38. The second-order valence-electron chi connectivity index (χ2n) is 8.55. The summed E-state index contributed by atoms with van der Waals surface area (Å²) < 4.78 is 23.9. The van der Waals surface area contributed by atoms with Gasteiger partial charge in [0.2, 0.25) is 0 Å². The summed E-state index contributed by atoms with van der Waals surface area (Å²) in [6, 6.07) is 4.12. The zero-order valence-electron chi connectivity index (χ0n) is 21.6. The Morgan fingerprint density at radius 2 is 1.62 bits per heavy atom. The summed E-state index contributed by atoms with van der Waals surface area (Å²) in [4.78, 5) is 0. The van der Waals surface area contributed by atoms with Crippen LogP contribution in [0.3, 0.4) is 0 Å². The third-order valence-corrected chi connectivity index (χ3v) is 5.68. The summed E-state index contributed by atoms with van der Waals surface area (Å²) in [7, 11) is 3.37. The van der Waals surface area contributed by atoms with Crippen LogP contribution in [0.2, 0.25) is 0 Å². The summed E-state index contributed by atoms with van der Waals surface area (Å²) in [5.41, 5.74) is 3.05. The number of benzene rings is 1. The SMILES string of the molecule is C/C=C/c1cc(OC)c(C)cc1OCCCCCCCCCCn1cc(COCCOC)nn1. The first kappa shape index (κ1) is 27.9. The monoisotopic (exact) mass is 473 g/mol. The molecule has 0 atom stereocenters. The van der Waals surface area contributed by atoms with E-state index in [0.29, 0.717) is 19.8 Å². The molecule has 0 amide bonds. The maximum atomic E-state index is 6.07. The van der Waals surface area contributed by atoms with E-state index in [2.05, 4.69) is 29.4 Å². The topological polar surface area (TPSA) is 67.6 Å². The van der Waals surface area contributed by atoms with Crippen molar-refractivity contribution in [3.8, 4) is 11.5 Å². The Balaban J connectivity index is 1.48. The maximum Gasteiger partial charge on any atom is 0.127 e. The maximum absolute atomic E-state index is 6.07. The van der Waals surface area contributed by atoms with Crippen molar-refractivity contribution in [2.24, 2.45) is 0 Å². The van der Waals surface area contributed by atoms with Crippen LogP contribution in [0.15, 0.2) is 24.4 Å². The van der Waals surface area contributed by atoms with Crippen molar-refractivity contribution in [1.82, 2.24) is 15.0 Å². The largest absolute Gasteiger partial charge is 0.496 e. The Morgan fingerprint density at radius 3 is 2.32 bits per heavy atom. The molecule has 0 radical (unpaired) electrons. The fourth-order valence-corrected chi connectivity index (χ4v) is 3.78. The van der Waals surface area contributed by atoms with Crippen LogP contribution in [0, 0.1) is 6.92 Å². The highest BCUT2D eigenvalue weighted by Crippen LogP contribution is 2.29. The van der Waals surface area contributed by atoms with Crippen molar-refractivity contribution in [3.05, 3.63) is 41.2 Å². The van der Waals surface area contributed by atoms with Gasteiger partial charge < -0.3 is 18.9 Å². The Labute approximate surface area is 205 Å². The minimum atomic E-state index is 0.491. The van der Waals surface area contributed by atoms with Crippen LogP contribution in [-0.4, -0.2) is 49.0 Å². The van der Waals surface area contributed by atoms with Crippen LogP contribution in [0.4, 0.5) is 0 Å². The second kappa shape index (κ2) is 17.1. The van der Waals surface area contributed by atoms with Gasteiger partial charge in [0.05, 0.1) is 39.7 Å². The highest BCUT2D eigenvalue weighted by Gasteiger charge is 2.07. The molecule has 0 unspecified atom stereocenters. The third kappa shape index (κ3) is 10.7. The first-order chi connectivity index (χ1) is 16.7. The molecule has 0 aliphatic carbocycles. The molecule has 0 spiro atoms. The smallest absolute Gasteiger partial charge is 0.127 e. The van der Waals surface area contributed by atoms with Crippen LogP contribution in [0.1, 0.15) is 75.1 Å². The zero-order valence-corrected chi connectivity index (χ0v) is 21.6. The summed E-state index contributed by atoms with van der Waals surface area (Å²) in [6.45, 7) is 7.42. The number of rotatable bonds is 19. The lowest BCUT2D eigenvalue weighted by Gasteiger charge is -2.13. The number of allylic oxidation sites excluding steroid dienone is 1. The number of aryl methyl sites for hydroxylation is 2. The van der Waals surface area contributed by atoms with Gasteiger partial charge in [-0.3, -0.25) is 4.68 Å². The average Bonchev–Trinajstić information content (AvgIpc) is 3.29. The first-order valence-electron chi connectivity index (χ1n) is 12.6. The Bertz CT molecular complexity index is 835. The Morgan fingerprint density at radius 1 is 0.882 bits per heavy atom. The lowest BCUT2D eigenvalue weighted by atomic mass is 10.1. The predicted molar refractivity (Wildman–Crippen MR) is 136 cm³/mol. The van der Waals surface area contributed by atoms with Crippen molar-refractivity contribution >= 4 is 6.08 Å². The number of hydrogen-bond acceptors (Lipinski definition) is 6. The van der Waals surface area contributed by atoms with Crippen molar-refractivity contribution < 1.29 is 18.9 Å². The van der Waals surface area contributed by atoms with Crippen LogP contribution in [0.25, 0.3) is 6.08 Å². The molecule has 0 saturated heterocycles. The molecule has 2 aromatic rings. The molecule has 190 valence electrons. The summed E-state index contributed by atoms with van der Waals surface area (Å²) >= 11 is 0. The molecule has 2 rings (SSSR count). The molecule has 0 aliphatic heterocycles. The highest BCUT2D eigenvalue weighted by atomic mass is 16.5. The molecule has 0 saturated carbocycles. The van der Waals surface area contributed by atoms with Gasteiger partial charge in [-0.25, -0.2) is 0 Å². The van der Waals surface area contributed by atoms with Crippen LogP contribution >= 0.6 is 0 Å². The van der Waals surface area contributed by atoms with Crippen molar-refractivity contribution in [2.45, 2.75) is 78.4 Å². The van der Waals surface area contributed by atoms with Gasteiger partial charge in [0.1, 0.15) is 17.2 Å². The molecular weight excluding hydrogens is 430 g/mol. The number of aromatic nitrogens is 3. The standard InChI is InChI=1S/C27H43N3O4/c1-5-14-24-20-26(32-4)23(2)19-27(24)34-16-13-11-9-7-6-8-10-12-15-30-21-25(28-29-30)22-33-18-17-31-3/h5,14,19-21H,6-13,15-18,22H2,1-4H3/b14-5+. The average molecular weight is 474 g/mol. The Kier molecular flexibility index (Phi) is 14.0. The first-order valence-corrected chi connectivity index (χ1v) is 12.6. The molecule has 1 aromatic heterocycles. The fourth-order valence-electron chi connectivity index (χ4n) is 3.78. The molecule has 0 N–H and O–H groups in total. The van der Waals surface area contributed by atoms with Crippen LogP contribution in [-0.2, 0) is 22.6 Å². The van der Waals surface area contributed by atoms with Gasteiger partial charge in [-0.1, -0.05) is 55.9 Å². The molecule has 0 aliphatic rings. The number of methoxy groups -OCH3 is 2. The normalized spacial score (nSPS) is 11.4. The van der Waals surface area contributed by atoms with Crippen LogP contribution < -0.4 is 9.47 Å². The van der Waals surface area contributed by atoms with Gasteiger partial charge in [0, 0.05) is 19.2 Å². The molecule has 7 heteroatoms. The van der Waals surface area contributed by atoms with Crippen molar-refractivity contribution in [2.75, 3.05) is 34.0 Å². The molecule has 0 fully saturated rings. The van der Waals surface area contributed by atoms with E-state index in [1.54, 1.807) is 14.2 Å². The zero-order chi connectivity index (χ0) is 24.4. The van der Waals surface area contributed by atoms with Gasteiger partial charge in [0.15, 0.2) is 0 Å². The lowest BCUT2D eigenvalue weighted by molar-refractivity contribution is 0.0601. The van der Waals surface area contributed by atoms with E-state index >= 15 is 0 Å². The number of ether oxygens (including phenoxy) is 4. The number of unbranched alkanes of at least 4 members (excludes halogenated alkanes) is 7. The van der Waals surface area contributed by atoms with E-state index in [1.807, 2.05) is 29.9 Å². The van der Waals surface area contributed by atoms with Crippen molar-refractivity contribution in [1.29, 1.82) is 0 Å². The van der Waals surface area contributed by atoms with Gasteiger partial charge >= 0.3 is 0 Å². The molecular formula is C27H43N3O4. The number of nitrogens with zero attached hydrogens (tertiary/aromatic N) is 3. The highest BCUT2D eigenvalue weighted by molar-refractivity contribution is 5.61. The van der Waals surface area contributed by atoms with E-state index in [9.17, 15) is 0 Å². The van der Waals surface area contributed by atoms with E-state index in [0.717, 1.165) is 54.3 Å². The third-order valence-electron chi connectivity index (χ3n) is 5.68. The summed E-state index contributed by atoms with van der Waals surface area (Å²) in [5, 5.41) is 8.33. The van der Waals surface area contributed by atoms with Crippen molar-refractivity contribution in [3.63, 3.8) is 0 Å². The minimum absolute atomic E-state index is 0.491. The molecule has 1 heterocycles. The molecule has 0 bridgehead atoms. The minimum Gasteiger partial charge on any atom is -0.496 e. The summed E-state index contributed by atoms with van der Waals surface area (Å²) in [5.74, 6) is 1.84. The van der Waals surface area contributed by atoms with Gasteiger partial charge in [-0.15, -0.1) is 5.10 Å². The predicted octanol–water partition coefficient (Wildman–Crippen LogP) is 5.99. The second-order valence-corrected chi connectivity index (χ2v) is 8.55. The fraction of sp³-hybridized carbons (Fsp3) is 0.630. The number of hydrogen-bond donors (Lipinski definition) is 0. The van der Waals surface area contributed by atoms with E-state index in [1.165, 1.54) is 38.5 Å². The molecule has 34 heavy (non-hydrogen) atoms. The van der Waals surface area contributed by atoms with Gasteiger partial charge in [-0.05, 0) is 44.4 Å². The van der Waals surface area contributed by atoms with Gasteiger partial charge in [-0.2, -0.15) is 0 Å². The van der Waals surface area contributed by atoms with Gasteiger partial charge in [0.25, 0.3) is 0 Å². The van der Waals surface area contributed by atoms with Crippen LogP contribution in [0.5, 0.6) is 11.5 Å². The summed E-state index contributed by atoms with van der Waals surface area (Å²) in [6.07, 6.45) is 15.9. The molecule has 7 nitrogen and oxygen atoms in total. The van der Waals surface area contributed by atoms with E-state index in [4.69, 9.17) is 18.9 Å². The van der Waals surface area contributed by atoms with E-state index < -0.39 is 0 Å². The lowest BCUT2D eigenvalue weighted by Crippen LogP contribution is -2.02.